The third-order valence-corrected chi connectivity index (χ3v) is 8.06. The van der Waals surface area contributed by atoms with Crippen LogP contribution in [0.5, 0.6) is 0 Å². The van der Waals surface area contributed by atoms with E-state index in [1.807, 2.05) is 18.3 Å². The van der Waals surface area contributed by atoms with Crippen molar-refractivity contribution in [3.05, 3.63) is 53.7 Å². The Balaban J connectivity index is 1.07. The highest BCUT2D eigenvalue weighted by Crippen LogP contribution is 2.30. The fourth-order valence-electron chi connectivity index (χ4n) is 4.95. The summed E-state index contributed by atoms with van der Waals surface area (Å²) in [4.78, 5) is 27.9. The van der Waals surface area contributed by atoms with Crippen molar-refractivity contribution in [2.75, 3.05) is 37.6 Å². The molecule has 1 N–H and O–H groups in total. The van der Waals surface area contributed by atoms with Gasteiger partial charge >= 0.3 is 0 Å². The first-order valence-electron chi connectivity index (χ1n) is 12.2. The lowest BCUT2D eigenvalue weighted by molar-refractivity contribution is -0.125. The number of amides is 1. The number of nitrogens with one attached hydrogen (secondary N) is 1. The quantitative estimate of drug-likeness (QED) is 0.592. The Bertz CT molecular complexity index is 1040. The normalized spacial score (nSPS) is 20.3. The fraction of sp³-hybridized carbons (Fsp3) is 0.500. The van der Waals surface area contributed by atoms with Gasteiger partial charge in [-0.2, -0.15) is 0 Å². The van der Waals surface area contributed by atoms with Gasteiger partial charge in [0.25, 0.3) is 0 Å². The molecule has 0 unspecified atom stereocenters. The summed E-state index contributed by atoms with van der Waals surface area (Å²) in [6.07, 6.45) is 6.10. The number of piperidine rings is 2. The zero-order valence-electron chi connectivity index (χ0n) is 19.4. The molecule has 174 valence electrons. The second-order valence-corrected chi connectivity index (χ2v) is 10.5. The van der Waals surface area contributed by atoms with Crippen LogP contribution >= 0.6 is 11.3 Å². The third kappa shape index (κ3) is 5.53. The number of carbonyl (C=O) groups is 1. The molecule has 0 bridgehead atoms. The molecule has 0 aliphatic carbocycles. The van der Waals surface area contributed by atoms with Crippen LogP contribution in [0.15, 0.2) is 42.6 Å². The van der Waals surface area contributed by atoms with E-state index in [1.165, 1.54) is 11.1 Å². The van der Waals surface area contributed by atoms with Crippen LogP contribution in [0.3, 0.4) is 0 Å². The van der Waals surface area contributed by atoms with Gasteiger partial charge in [0.1, 0.15) is 10.3 Å². The lowest BCUT2D eigenvalue weighted by atomic mass is 9.94. The first-order chi connectivity index (χ1) is 16.1. The molecule has 2 aromatic heterocycles. The van der Waals surface area contributed by atoms with Crippen molar-refractivity contribution in [1.29, 1.82) is 0 Å². The summed E-state index contributed by atoms with van der Waals surface area (Å²) < 4.78 is 0. The average Bonchev–Trinajstić information content (AvgIpc) is 3.29. The molecule has 3 aromatic rings. The summed E-state index contributed by atoms with van der Waals surface area (Å²) >= 11 is 1.62. The number of pyridine rings is 1. The predicted molar refractivity (Wildman–Crippen MR) is 135 cm³/mol. The fourth-order valence-corrected chi connectivity index (χ4v) is 5.89. The van der Waals surface area contributed by atoms with Crippen molar-refractivity contribution in [2.45, 2.75) is 39.2 Å². The van der Waals surface area contributed by atoms with Crippen molar-refractivity contribution in [3.8, 4) is 0 Å². The number of hydrogen-bond acceptors (Lipinski definition) is 6. The average molecular weight is 464 g/mol. The lowest BCUT2D eigenvalue weighted by Gasteiger charge is -2.34. The number of aromatic nitrogens is 2. The van der Waals surface area contributed by atoms with Crippen molar-refractivity contribution in [2.24, 2.45) is 11.8 Å². The van der Waals surface area contributed by atoms with Crippen molar-refractivity contribution in [3.63, 3.8) is 0 Å². The van der Waals surface area contributed by atoms with Crippen molar-refractivity contribution >= 4 is 32.7 Å². The molecule has 2 saturated heterocycles. The zero-order chi connectivity index (χ0) is 22.6. The Labute approximate surface area is 200 Å². The monoisotopic (exact) mass is 463 g/mol. The van der Waals surface area contributed by atoms with Gasteiger partial charge in [0.15, 0.2) is 5.13 Å². The predicted octanol–water partition coefficient (Wildman–Crippen LogP) is 4.24. The summed E-state index contributed by atoms with van der Waals surface area (Å²) in [6.45, 7) is 7.89. The third-order valence-electron chi connectivity index (χ3n) is 7.02. The van der Waals surface area contributed by atoms with Crippen LogP contribution in [0.1, 0.15) is 36.8 Å². The minimum Gasteiger partial charge on any atom is -0.356 e. The van der Waals surface area contributed by atoms with Gasteiger partial charge in [-0.3, -0.25) is 9.69 Å². The van der Waals surface area contributed by atoms with Gasteiger partial charge in [-0.05, 0) is 69.3 Å². The number of hydrogen-bond donors (Lipinski definition) is 1. The smallest absolute Gasteiger partial charge is 0.224 e. The largest absolute Gasteiger partial charge is 0.356 e. The molecule has 0 saturated carbocycles. The van der Waals surface area contributed by atoms with Crippen LogP contribution in [-0.4, -0.2) is 53.5 Å². The maximum absolute atomic E-state index is 12.9. The van der Waals surface area contributed by atoms with Crippen molar-refractivity contribution < 1.29 is 4.79 Å². The molecule has 2 aliphatic rings. The Hall–Kier alpha value is -2.51. The van der Waals surface area contributed by atoms with Gasteiger partial charge in [0, 0.05) is 32.4 Å². The molecular formula is C26H33N5OS. The Morgan fingerprint density at radius 1 is 1.12 bits per heavy atom. The van der Waals surface area contributed by atoms with Crippen LogP contribution in [-0.2, 0) is 11.3 Å². The molecule has 0 radical (unpaired) electrons. The molecule has 2 fully saturated rings. The van der Waals surface area contributed by atoms with E-state index in [9.17, 15) is 4.79 Å². The van der Waals surface area contributed by atoms with Crippen LogP contribution in [0.25, 0.3) is 10.3 Å². The highest BCUT2D eigenvalue weighted by Gasteiger charge is 2.28. The number of rotatable bonds is 6. The Morgan fingerprint density at radius 2 is 1.94 bits per heavy atom. The number of likely N-dealkylation sites (tertiary alicyclic amines) is 1. The zero-order valence-corrected chi connectivity index (χ0v) is 20.2. The maximum atomic E-state index is 12.9. The molecule has 1 amide bonds. The number of aryl methyl sites for hydroxylation is 1. The molecule has 6 nitrogen and oxygen atoms in total. The molecule has 33 heavy (non-hydrogen) atoms. The standard InChI is InChI=1S/C26H33N5OS/c1-19-6-8-21(9-7-19)17-30-14-10-20(11-15-30)16-28-24(32)22-4-3-13-31(18-22)26-29-23-5-2-12-27-25(23)33-26/h2,5-9,12,20,22H,3-4,10-11,13-18H2,1H3,(H,28,32)/t22-/m0/s1. The first-order valence-corrected chi connectivity index (χ1v) is 13.0. The molecule has 1 aromatic carbocycles. The van der Waals surface area contributed by atoms with E-state index in [4.69, 9.17) is 4.98 Å². The summed E-state index contributed by atoms with van der Waals surface area (Å²) in [5.41, 5.74) is 3.64. The van der Waals surface area contributed by atoms with E-state index in [2.05, 4.69) is 51.3 Å². The molecule has 4 heterocycles. The second-order valence-electron chi connectivity index (χ2n) is 9.56. The minimum atomic E-state index is 0.0420. The first kappa shape index (κ1) is 22.3. The van der Waals surface area contributed by atoms with Gasteiger partial charge in [-0.15, -0.1) is 0 Å². The molecule has 1 atom stereocenters. The van der Waals surface area contributed by atoms with Crippen molar-refractivity contribution in [1.82, 2.24) is 20.2 Å². The number of fused-ring (bicyclic) bond motifs is 1. The number of benzene rings is 1. The maximum Gasteiger partial charge on any atom is 0.224 e. The van der Waals surface area contributed by atoms with Crippen LogP contribution in [0.4, 0.5) is 5.13 Å². The van der Waals surface area contributed by atoms with E-state index in [-0.39, 0.29) is 11.8 Å². The highest BCUT2D eigenvalue weighted by atomic mass is 32.1. The van der Waals surface area contributed by atoms with Gasteiger partial charge < -0.3 is 10.2 Å². The molecule has 2 aliphatic heterocycles. The minimum absolute atomic E-state index is 0.0420. The molecular weight excluding hydrogens is 430 g/mol. The van der Waals surface area contributed by atoms with Gasteiger partial charge in [0.2, 0.25) is 5.91 Å². The van der Waals surface area contributed by atoms with E-state index in [1.54, 1.807) is 11.3 Å². The SMILES string of the molecule is Cc1ccc(CN2CCC(CNC(=O)[C@H]3CCCN(c4nc5cccnc5s4)C3)CC2)cc1. The second kappa shape index (κ2) is 10.2. The molecule has 0 spiro atoms. The lowest BCUT2D eigenvalue weighted by Crippen LogP contribution is -2.45. The van der Waals surface area contributed by atoms with E-state index in [0.717, 1.165) is 80.4 Å². The molecule has 5 rings (SSSR count). The van der Waals surface area contributed by atoms with Crippen LogP contribution in [0, 0.1) is 18.8 Å². The number of thiazole rings is 1. The summed E-state index contributed by atoms with van der Waals surface area (Å²) in [7, 11) is 0. The topological polar surface area (TPSA) is 61.4 Å². The summed E-state index contributed by atoms with van der Waals surface area (Å²) in [5, 5.41) is 4.27. The summed E-state index contributed by atoms with van der Waals surface area (Å²) in [6, 6.07) is 12.8. The summed E-state index contributed by atoms with van der Waals surface area (Å²) in [5.74, 6) is 0.833. The van der Waals surface area contributed by atoms with Gasteiger partial charge in [0.05, 0.1) is 5.92 Å². The Kier molecular flexibility index (Phi) is 6.88. The number of carbonyl (C=O) groups excluding carboxylic acids is 1. The van der Waals surface area contributed by atoms with E-state index < -0.39 is 0 Å². The number of anilines is 1. The van der Waals surface area contributed by atoms with E-state index >= 15 is 0 Å². The van der Waals surface area contributed by atoms with Crippen LogP contribution < -0.4 is 10.2 Å². The molecule has 7 heteroatoms. The van der Waals surface area contributed by atoms with E-state index in [0.29, 0.717) is 5.92 Å². The van der Waals surface area contributed by atoms with Crippen LogP contribution in [0.2, 0.25) is 0 Å². The highest BCUT2D eigenvalue weighted by molar-refractivity contribution is 7.21. The Morgan fingerprint density at radius 3 is 2.73 bits per heavy atom. The van der Waals surface area contributed by atoms with Gasteiger partial charge in [-0.1, -0.05) is 41.2 Å². The number of nitrogens with zero attached hydrogens (tertiary/aromatic N) is 4. The van der Waals surface area contributed by atoms with Gasteiger partial charge in [-0.25, -0.2) is 9.97 Å².